The van der Waals surface area contributed by atoms with Gasteiger partial charge in [-0.1, -0.05) is 0 Å². The van der Waals surface area contributed by atoms with Crippen LogP contribution < -0.4 is 15.6 Å². The maximum Gasteiger partial charge on any atom is 0.277 e. The van der Waals surface area contributed by atoms with E-state index in [0.717, 1.165) is 5.56 Å². The highest BCUT2D eigenvalue weighted by Crippen LogP contribution is 2.28. The predicted octanol–water partition coefficient (Wildman–Crippen LogP) is 0.887. The average molecular weight is 194 g/mol. The molecule has 0 amide bonds. The van der Waals surface area contributed by atoms with Crippen LogP contribution >= 0.6 is 0 Å². The summed E-state index contributed by atoms with van der Waals surface area (Å²) in [5, 5.41) is 3.10. The summed E-state index contributed by atoms with van der Waals surface area (Å²) in [4.78, 5) is 11.7. The largest absolute Gasteiger partial charge is 0.486 e. The number of fused-ring (bicyclic) bond motifs is 1. The second kappa shape index (κ2) is 3.04. The molecule has 4 nitrogen and oxygen atoms in total. The topological polar surface area (TPSA) is 43.3 Å². The van der Waals surface area contributed by atoms with Crippen molar-refractivity contribution >= 4 is 5.69 Å². The lowest BCUT2D eigenvalue weighted by atomic mass is 10.2. The molecule has 2 heterocycles. The number of pyridine rings is 1. The van der Waals surface area contributed by atoms with Crippen LogP contribution in [0, 0.1) is 6.92 Å². The van der Waals surface area contributed by atoms with E-state index in [2.05, 4.69) is 5.32 Å². The molecule has 2 rings (SSSR count). The van der Waals surface area contributed by atoms with Crippen LogP contribution in [-0.2, 0) is 7.05 Å². The van der Waals surface area contributed by atoms with Crippen LogP contribution in [0.25, 0.3) is 0 Å². The number of rotatable bonds is 0. The maximum absolute atomic E-state index is 11.7. The first-order chi connectivity index (χ1) is 6.59. The predicted molar refractivity (Wildman–Crippen MR) is 55.0 cm³/mol. The monoisotopic (exact) mass is 194 g/mol. The molecule has 1 atom stereocenters. The van der Waals surface area contributed by atoms with Gasteiger partial charge < -0.3 is 14.6 Å². The highest BCUT2D eigenvalue weighted by Gasteiger charge is 2.20. The molecular weight excluding hydrogens is 180 g/mol. The molecule has 1 aromatic heterocycles. The molecular formula is C10H14N2O2. The molecule has 0 saturated heterocycles. The number of aromatic nitrogens is 1. The lowest BCUT2D eigenvalue weighted by molar-refractivity contribution is 0.223. The Kier molecular flexibility index (Phi) is 1.98. The van der Waals surface area contributed by atoms with Crippen molar-refractivity contribution in [2.45, 2.75) is 20.0 Å². The fourth-order valence-electron chi connectivity index (χ4n) is 1.67. The Hall–Kier alpha value is -1.45. The molecule has 0 radical (unpaired) electrons. The molecule has 0 aliphatic carbocycles. The maximum atomic E-state index is 11.7. The van der Waals surface area contributed by atoms with Crippen molar-refractivity contribution < 1.29 is 4.74 Å². The second-order valence-electron chi connectivity index (χ2n) is 3.74. The number of ether oxygens (including phenoxy) is 1. The van der Waals surface area contributed by atoms with Crippen molar-refractivity contribution in [2.75, 3.05) is 11.9 Å². The van der Waals surface area contributed by atoms with Crippen molar-refractivity contribution in [1.29, 1.82) is 0 Å². The number of nitrogens with zero attached hydrogens (tertiary/aromatic N) is 1. The Bertz CT molecular complexity index is 423. The minimum atomic E-state index is -0.0301. The zero-order chi connectivity index (χ0) is 10.3. The Balaban J connectivity index is 2.63. The van der Waals surface area contributed by atoms with Crippen LogP contribution in [0.4, 0.5) is 5.69 Å². The summed E-state index contributed by atoms with van der Waals surface area (Å²) in [6, 6.07) is 0. The van der Waals surface area contributed by atoms with E-state index in [1.54, 1.807) is 17.8 Å². The van der Waals surface area contributed by atoms with Gasteiger partial charge >= 0.3 is 0 Å². The molecule has 76 valence electrons. The Morgan fingerprint density at radius 2 is 2.36 bits per heavy atom. The summed E-state index contributed by atoms with van der Waals surface area (Å²) in [5.74, 6) is 0.701. The third kappa shape index (κ3) is 1.27. The number of aryl methyl sites for hydroxylation is 2. The molecule has 1 aromatic rings. The molecule has 1 unspecified atom stereocenters. The lowest BCUT2D eigenvalue weighted by Gasteiger charge is -2.25. The number of anilines is 1. The molecule has 14 heavy (non-hydrogen) atoms. The number of hydrogen-bond donors (Lipinski definition) is 1. The molecule has 1 aliphatic heterocycles. The molecule has 0 aromatic carbocycles. The van der Waals surface area contributed by atoms with Gasteiger partial charge in [-0.15, -0.1) is 0 Å². The van der Waals surface area contributed by atoms with Crippen LogP contribution in [0.3, 0.4) is 0 Å². The smallest absolute Gasteiger partial charge is 0.277 e. The zero-order valence-electron chi connectivity index (χ0n) is 8.63. The molecule has 1 N–H and O–H groups in total. The van der Waals surface area contributed by atoms with Crippen molar-refractivity contribution in [3.05, 3.63) is 22.1 Å². The van der Waals surface area contributed by atoms with Gasteiger partial charge in [-0.2, -0.15) is 0 Å². The SMILES string of the molecule is Cc1cn(C)c(=O)c2c1OC(C)CN2. The second-order valence-corrected chi connectivity index (χ2v) is 3.74. The highest BCUT2D eigenvalue weighted by atomic mass is 16.5. The van der Waals surface area contributed by atoms with Gasteiger partial charge in [0.15, 0.2) is 5.75 Å². The summed E-state index contributed by atoms with van der Waals surface area (Å²) in [6.07, 6.45) is 1.91. The fourth-order valence-corrected chi connectivity index (χ4v) is 1.67. The summed E-state index contributed by atoms with van der Waals surface area (Å²) >= 11 is 0. The molecule has 0 spiro atoms. The van der Waals surface area contributed by atoms with Crippen molar-refractivity contribution in [1.82, 2.24) is 4.57 Å². The quantitative estimate of drug-likeness (QED) is 0.667. The molecule has 0 bridgehead atoms. The van der Waals surface area contributed by atoms with Gasteiger partial charge in [-0.25, -0.2) is 0 Å². The van der Waals surface area contributed by atoms with E-state index in [9.17, 15) is 4.79 Å². The molecule has 0 saturated carbocycles. The van der Waals surface area contributed by atoms with Crippen LogP contribution in [-0.4, -0.2) is 17.2 Å². The summed E-state index contributed by atoms with van der Waals surface area (Å²) < 4.78 is 7.19. The Morgan fingerprint density at radius 1 is 1.64 bits per heavy atom. The van der Waals surface area contributed by atoms with E-state index in [-0.39, 0.29) is 11.7 Å². The van der Waals surface area contributed by atoms with Crippen LogP contribution in [0.1, 0.15) is 12.5 Å². The van der Waals surface area contributed by atoms with Crippen LogP contribution in [0.15, 0.2) is 11.0 Å². The van der Waals surface area contributed by atoms with Gasteiger partial charge in [-0.3, -0.25) is 4.79 Å². The number of nitrogens with one attached hydrogen (secondary N) is 1. The highest BCUT2D eigenvalue weighted by molar-refractivity contribution is 5.59. The van der Waals surface area contributed by atoms with Crippen LogP contribution in [0.5, 0.6) is 5.75 Å². The lowest BCUT2D eigenvalue weighted by Crippen LogP contribution is -2.33. The molecule has 0 fully saturated rings. The molecule has 4 heteroatoms. The summed E-state index contributed by atoms with van der Waals surface area (Å²) in [6.45, 7) is 4.61. The minimum Gasteiger partial charge on any atom is -0.486 e. The van der Waals surface area contributed by atoms with E-state index in [4.69, 9.17) is 4.74 Å². The fraction of sp³-hybridized carbons (Fsp3) is 0.500. The molecule has 1 aliphatic rings. The number of hydrogen-bond acceptors (Lipinski definition) is 3. The Morgan fingerprint density at radius 3 is 3.07 bits per heavy atom. The third-order valence-corrected chi connectivity index (χ3v) is 2.39. The first-order valence-electron chi connectivity index (χ1n) is 4.70. The standard InChI is InChI=1S/C10H14N2O2/c1-6-5-12(3)10(13)8-9(6)14-7(2)4-11-8/h5,7,11H,4H2,1-3H3. The van der Waals surface area contributed by atoms with E-state index in [0.29, 0.717) is 18.0 Å². The van der Waals surface area contributed by atoms with Gasteiger partial charge in [0.2, 0.25) is 0 Å². The summed E-state index contributed by atoms with van der Waals surface area (Å²) in [7, 11) is 1.75. The van der Waals surface area contributed by atoms with E-state index in [1.165, 1.54) is 0 Å². The van der Waals surface area contributed by atoms with E-state index in [1.807, 2.05) is 13.8 Å². The zero-order valence-corrected chi connectivity index (χ0v) is 8.63. The van der Waals surface area contributed by atoms with E-state index >= 15 is 0 Å². The average Bonchev–Trinajstić information content (AvgIpc) is 2.14. The third-order valence-electron chi connectivity index (χ3n) is 2.39. The minimum absolute atomic E-state index is 0.0301. The Labute approximate surface area is 82.5 Å². The van der Waals surface area contributed by atoms with Crippen molar-refractivity contribution in [3.63, 3.8) is 0 Å². The van der Waals surface area contributed by atoms with Gasteiger partial charge in [0.05, 0.1) is 6.54 Å². The first kappa shape index (κ1) is 9.12. The normalized spacial score (nSPS) is 19.5. The van der Waals surface area contributed by atoms with Crippen molar-refractivity contribution in [3.8, 4) is 5.75 Å². The van der Waals surface area contributed by atoms with Gasteiger partial charge in [0.1, 0.15) is 11.8 Å². The van der Waals surface area contributed by atoms with Crippen LogP contribution in [0.2, 0.25) is 0 Å². The van der Waals surface area contributed by atoms with Crippen molar-refractivity contribution in [2.24, 2.45) is 7.05 Å². The van der Waals surface area contributed by atoms with Gasteiger partial charge in [-0.05, 0) is 13.8 Å². The van der Waals surface area contributed by atoms with Gasteiger partial charge in [0, 0.05) is 18.8 Å². The summed E-state index contributed by atoms with van der Waals surface area (Å²) in [5.41, 5.74) is 1.55. The van der Waals surface area contributed by atoms with E-state index < -0.39 is 0 Å². The first-order valence-corrected chi connectivity index (χ1v) is 4.70. The van der Waals surface area contributed by atoms with Gasteiger partial charge in [0.25, 0.3) is 5.56 Å².